The average Bonchev–Trinajstić information content (AvgIpc) is 2.63. The lowest BCUT2D eigenvalue weighted by atomic mass is 10.1. The standard InChI is InChI=1S/C19H20N4O/c1-22-10-12-23(13-11-22)18-5-3-2-4-17(18)21-19(24)16-8-6-15(14-20)7-9-16/h2-9H,10-13H2,1H3,(H,21,24)/p+1. The molecule has 0 bridgehead atoms. The van der Waals surface area contributed by atoms with Gasteiger partial charge in [0.15, 0.2) is 0 Å². The van der Waals surface area contributed by atoms with Gasteiger partial charge in [-0.15, -0.1) is 0 Å². The quantitative estimate of drug-likeness (QED) is 0.891. The van der Waals surface area contributed by atoms with Gasteiger partial charge in [0.2, 0.25) is 0 Å². The third-order valence-corrected chi connectivity index (χ3v) is 4.39. The van der Waals surface area contributed by atoms with Gasteiger partial charge in [0, 0.05) is 5.56 Å². The monoisotopic (exact) mass is 321 g/mol. The highest BCUT2D eigenvalue weighted by Gasteiger charge is 2.20. The number of likely N-dealkylation sites (N-methyl/N-ethyl adjacent to an activating group) is 1. The van der Waals surface area contributed by atoms with E-state index in [4.69, 9.17) is 5.26 Å². The van der Waals surface area contributed by atoms with Crippen molar-refractivity contribution in [2.75, 3.05) is 43.4 Å². The lowest BCUT2D eigenvalue weighted by molar-refractivity contribution is -0.880. The second-order valence-electron chi connectivity index (χ2n) is 6.10. The van der Waals surface area contributed by atoms with Crippen LogP contribution in [0.1, 0.15) is 15.9 Å². The van der Waals surface area contributed by atoms with E-state index >= 15 is 0 Å². The van der Waals surface area contributed by atoms with Crippen LogP contribution in [0.3, 0.4) is 0 Å². The van der Waals surface area contributed by atoms with Crippen LogP contribution in [0.5, 0.6) is 0 Å². The summed E-state index contributed by atoms with van der Waals surface area (Å²) in [6, 6.07) is 16.6. The molecule has 1 fully saturated rings. The van der Waals surface area contributed by atoms with Gasteiger partial charge in [-0.1, -0.05) is 12.1 Å². The maximum atomic E-state index is 12.5. The molecular formula is C19H21N4O+. The van der Waals surface area contributed by atoms with Crippen molar-refractivity contribution in [1.29, 1.82) is 5.26 Å². The summed E-state index contributed by atoms with van der Waals surface area (Å²) < 4.78 is 0. The van der Waals surface area contributed by atoms with E-state index in [1.807, 2.05) is 18.2 Å². The van der Waals surface area contributed by atoms with Gasteiger partial charge in [-0.2, -0.15) is 5.26 Å². The van der Waals surface area contributed by atoms with Crippen molar-refractivity contribution >= 4 is 17.3 Å². The number of piperazine rings is 1. The Morgan fingerprint density at radius 1 is 1.12 bits per heavy atom. The van der Waals surface area contributed by atoms with Gasteiger partial charge >= 0.3 is 0 Å². The van der Waals surface area contributed by atoms with Gasteiger partial charge in [0.25, 0.3) is 5.91 Å². The van der Waals surface area contributed by atoms with Gasteiger partial charge in [-0.3, -0.25) is 4.79 Å². The molecule has 1 aliphatic heterocycles. The van der Waals surface area contributed by atoms with E-state index in [-0.39, 0.29) is 5.91 Å². The number of para-hydroxylation sites is 2. The first kappa shape index (κ1) is 16.0. The predicted molar refractivity (Wildman–Crippen MR) is 94.4 cm³/mol. The Labute approximate surface area is 142 Å². The number of amides is 1. The summed E-state index contributed by atoms with van der Waals surface area (Å²) in [6.45, 7) is 4.15. The van der Waals surface area contributed by atoms with Crippen molar-refractivity contribution in [2.24, 2.45) is 0 Å². The van der Waals surface area contributed by atoms with Crippen molar-refractivity contribution in [3.05, 3.63) is 59.7 Å². The number of nitriles is 1. The van der Waals surface area contributed by atoms with Crippen molar-refractivity contribution in [2.45, 2.75) is 0 Å². The first-order valence-corrected chi connectivity index (χ1v) is 8.14. The minimum Gasteiger partial charge on any atom is -0.359 e. The summed E-state index contributed by atoms with van der Waals surface area (Å²) in [5, 5.41) is 11.8. The molecule has 0 aliphatic carbocycles. The zero-order chi connectivity index (χ0) is 16.9. The summed E-state index contributed by atoms with van der Waals surface area (Å²) in [6.07, 6.45) is 0. The van der Waals surface area contributed by atoms with Crippen molar-refractivity contribution in [3.63, 3.8) is 0 Å². The molecule has 0 saturated carbocycles. The van der Waals surface area contributed by atoms with Crippen LogP contribution in [0, 0.1) is 11.3 Å². The summed E-state index contributed by atoms with van der Waals surface area (Å²) in [4.78, 5) is 16.3. The smallest absolute Gasteiger partial charge is 0.255 e. The lowest BCUT2D eigenvalue weighted by Crippen LogP contribution is -3.12. The molecule has 1 heterocycles. The molecule has 2 aromatic rings. The molecule has 122 valence electrons. The molecule has 0 aromatic heterocycles. The van der Waals surface area contributed by atoms with E-state index in [1.54, 1.807) is 24.3 Å². The SMILES string of the molecule is C[NH+]1CCN(c2ccccc2NC(=O)c2ccc(C#N)cc2)CC1. The Morgan fingerprint density at radius 2 is 1.79 bits per heavy atom. The Hall–Kier alpha value is -2.84. The van der Waals surface area contributed by atoms with Gasteiger partial charge in [0.1, 0.15) is 0 Å². The fraction of sp³-hybridized carbons (Fsp3) is 0.263. The van der Waals surface area contributed by atoms with Crippen LogP contribution in [0.4, 0.5) is 11.4 Å². The summed E-state index contributed by atoms with van der Waals surface area (Å²) >= 11 is 0. The van der Waals surface area contributed by atoms with E-state index in [1.165, 1.54) is 4.90 Å². The van der Waals surface area contributed by atoms with Crippen LogP contribution in [-0.4, -0.2) is 39.1 Å². The molecule has 2 N–H and O–H groups in total. The first-order chi connectivity index (χ1) is 11.7. The van der Waals surface area contributed by atoms with E-state index < -0.39 is 0 Å². The fourth-order valence-corrected chi connectivity index (χ4v) is 2.88. The van der Waals surface area contributed by atoms with Gasteiger partial charge in [0.05, 0.1) is 56.2 Å². The zero-order valence-corrected chi connectivity index (χ0v) is 13.7. The summed E-state index contributed by atoms with van der Waals surface area (Å²) in [7, 11) is 2.20. The molecule has 0 unspecified atom stereocenters. The Balaban J connectivity index is 1.77. The second-order valence-corrected chi connectivity index (χ2v) is 6.10. The number of quaternary nitrogens is 1. The van der Waals surface area contributed by atoms with E-state index in [9.17, 15) is 4.79 Å². The molecule has 5 heteroatoms. The van der Waals surface area contributed by atoms with Gasteiger partial charge in [-0.05, 0) is 36.4 Å². The number of hydrogen-bond donors (Lipinski definition) is 2. The number of carbonyl (C=O) groups excluding carboxylic acids is 1. The number of benzene rings is 2. The summed E-state index contributed by atoms with van der Waals surface area (Å²) in [5.41, 5.74) is 2.98. The molecule has 0 atom stereocenters. The lowest BCUT2D eigenvalue weighted by Gasteiger charge is -2.33. The van der Waals surface area contributed by atoms with Gasteiger partial charge in [-0.25, -0.2) is 0 Å². The van der Waals surface area contributed by atoms with Crippen LogP contribution in [-0.2, 0) is 0 Å². The normalized spacial score (nSPS) is 14.9. The number of nitrogens with one attached hydrogen (secondary N) is 2. The summed E-state index contributed by atoms with van der Waals surface area (Å²) in [5.74, 6) is -0.160. The van der Waals surface area contributed by atoms with Crippen LogP contribution >= 0.6 is 0 Å². The molecular weight excluding hydrogens is 300 g/mol. The highest BCUT2D eigenvalue weighted by molar-refractivity contribution is 6.06. The van der Waals surface area contributed by atoms with E-state index in [0.29, 0.717) is 11.1 Å². The predicted octanol–water partition coefficient (Wildman–Crippen LogP) is 1.15. The molecule has 0 spiro atoms. The van der Waals surface area contributed by atoms with Crippen molar-refractivity contribution in [3.8, 4) is 6.07 Å². The molecule has 5 nitrogen and oxygen atoms in total. The number of carbonyl (C=O) groups is 1. The third kappa shape index (κ3) is 3.55. The Morgan fingerprint density at radius 3 is 2.46 bits per heavy atom. The molecule has 1 saturated heterocycles. The average molecular weight is 321 g/mol. The van der Waals surface area contributed by atoms with Crippen molar-refractivity contribution in [1.82, 2.24) is 0 Å². The number of nitrogens with zero attached hydrogens (tertiary/aromatic N) is 2. The largest absolute Gasteiger partial charge is 0.359 e. The third-order valence-electron chi connectivity index (χ3n) is 4.39. The highest BCUT2D eigenvalue weighted by Crippen LogP contribution is 2.26. The maximum Gasteiger partial charge on any atom is 0.255 e. The van der Waals surface area contributed by atoms with Crippen LogP contribution in [0.15, 0.2) is 48.5 Å². The number of anilines is 2. The van der Waals surface area contributed by atoms with Crippen LogP contribution < -0.4 is 15.1 Å². The maximum absolute atomic E-state index is 12.5. The molecule has 3 rings (SSSR count). The van der Waals surface area contributed by atoms with E-state index in [0.717, 1.165) is 37.6 Å². The first-order valence-electron chi connectivity index (χ1n) is 8.14. The van der Waals surface area contributed by atoms with Crippen LogP contribution in [0.25, 0.3) is 0 Å². The molecule has 1 aliphatic rings. The topological polar surface area (TPSA) is 60.6 Å². The Bertz CT molecular complexity index is 756. The molecule has 0 radical (unpaired) electrons. The number of rotatable bonds is 3. The van der Waals surface area contributed by atoms with Gasteiger partial charge < -0.3 is 15.1 Å². The second kappa shape index (κ2) is 7.16. The highest BCUT2D eigenvalue weighted by atomic mass is 16.1. The molecule has 2 aromatic carbocycles. The minimum absolute atomic E-state index is 0.160. The fourth-order valence-electron chi connectivity index (χ4n) is 2.88. The van der Waals surface area contributed by atoms with E-state index in [2.05, 4.69) is 29.4 Å². The van der Waals surface area contributed by atoms with Crippen LogP contribution in [0.2, 0.25) is 0 Å². The molecule has 1 amide bonds. The molecule has 24 heavy (non-hydrogen) atoms. The van der Waals surface area contributed by atoms with Crippen molar-refractivity contribution < 1.29 is 9.69 Å². The number of hydrogen-bond acceptors (Lipinski definition) is 3. The zero-order valence-electron chi connectivity index (χ0n) is 13.7. The Kier molecular flexibility index (Phi) is 4.78. The minimum atomic E-state index is -0.160.